The lowest BCUT2D eigenvalue weighted by molar-refractivity contribution is -0.331. The van der Waals surface area contributed by atoms with E-state index in [4.69, 9.17) is 9.47 Å². The molecular weight excluding hydrogens is 216 g/mol. The van der Waals surface area contributed by atoms with Crippen molar-refractivity contribution in [2.75, 3.05) is 0 Å². The quantitative estimate of drug-likeness (QED) is 0.806. The molecule has 0 aromatic heterocycles. The molecule has 3 nitrogen and oxygen atoms in total. The van der Waals surface area contributed by atoms with Crippen molar-refractivity contribution in [1.29, 1.82) is 0 Å². The second kappa shape index (κ2) is 3.06. The third-order valence-corrected chi connectivity index (χ3v) is 4.98. The van der Waals surface area contributed by atoms with Gasteiger partial charge in [-0.2, -0.15) is 0 Å². The Morgan fingerprint density at radius 1 is 1.12 bits per heavy atom. The van der Waals surface area contributed by atoms with E-state index in [1.54, 1.807) is 0 Å². The number of hydrogen-bond acceptors (Lipinski definition) is 3. The van der Waals surface area contributed by atoms with E-state index in [2.05, 4.69) is 13.8 Å². The van der Waals surface area contributed by atoms with Crippen molar-refractivity contribution in [2.24, 2.45) is 5.41 Å². The van der Waals surface area contributed by atoms with Crippen molar-refractivity contribution >= 4 is 0 Å². The summed E-state index contributed by atoms with van der Waals surface area (Å²) in [6, 6.07) is 0. The first-order valence-corrected chi connectivity index (χ1v) is 6.79. The number of hydrogen-bond donors (Lipinski definition) is 1. The summed E-state index contributed by atoms with van der Waals surface area (Å²) in [5.41, 5.74) is -0.639. The molecule has 1 spiro atoms. The Labute approximate surface area is 103 Å². The Morgan fingerprint density at radius 2 is 1.71 bits per heavy atom. The summed E-state index contributed by atoms with van der Waals surface area (Å²) in [5, 5.41) is 10.4. The zero-order valence-electron chi connectivity index (χ0n) is 11.4. The molecule has 1 N–H and O–H groups in total. The first kappa shape index (κ1) is 11.9. The van der Waals surface area contributed by atoms with E-state index >= 15 is 0 Å². The third kappa shape index (κ3) is 1.83. The summed E-state index contributed by atoms with van der Waals surface area (Å²) in [6.07, 6.45) is 5.14. The van der Waals surface area contributed by atoms with Crippen LogP contribution in [0.4, 0.5) is 0 Å². The Balaban J connectivity index is 1.83. The van der Waals surface area contributed by atoms with Gasteiger partial charge in [0, 0.05) is 11.8 Å². The highest BCUT2D eigenvalue weighted by molar-refractivity contribution is 5.12. The molecule has 1 saturated heterocycles. The minimum Gasteiger partial charge on any atom is -0.389 e. The van der Waals surface area contributed by atoms with Crippen LogP contribution in [0.5, 0.6) is 0 Å². The summed E-state index contributed by atoms with van der Waals surface area (Å²) in [7, 11) is 0. The minimum absolute atomic E-state index is 0.0505. The molecule has 0 unspecified atom stereocenters. The molecule has 0 radical (unpaired) electrons. The second-order valence-electron chi connectivity index (χ2n) is 7.25. The Hall–Kier alpha value is -0.120. The fourth-order valence-electron chi connectivity index (χ4n) is 3.22. The van der Waals surface area contributed by atoms with E-state index < -0.39 is 11.4 Å². The van der Waals surface area contributed by atoms with Gasteiger partial charge >= 0.3 is 0 Å². The molecule has 1 heterocycles. The SMILES string of the molecule is CC1(C)O[C@H](C(C)(C)C2(O)CC2)CC2(CC2)O1. The van der Waals surface area contributed by atoms with Gasteiger partial charge < -0.3 is 14.6 Å². The maximum atomic E-state index is 10.4. The molecule has 1 aliphatic heterocycles. The van der Waals surface area contributed by atoms with Crippen molar-refractivity contribution in [3.05, 3.63) is 0 Å². The molecule has 3 heteroatoms. The lowest BCUT2D eigenvalue weighted by Crippen LogP contribution is -2.54. The molecule has 17 heavy (non-hydrogen) atoms. The van der Waals surface area contributed by atoms with Gasteiger partial charge in [0.15, 0.2) is 5.79 Å². The fraction of sp³-hybridized carbons (Fsp3) is 1.00. The Kier molecular flexibility index (Phi) is 2.15. The standard InChI is InChI=1S/C14H24O3/c1-11(2,14(15)7-8-14)10-9-13(5-6-13)17-12(3,4)16-10/h10,15H,5-9H2,1-4H3/t10-/m0/s1. The van der Waals surface area contributed by atoms with E-state index in [1.165, 1.54) is 0 Å². The molecule has 0 bridgehead atoms. The van der Waals surface area contributed by atoms with Gasteiger partial charge in [-0.25, -0.2) is 0 Å². The average Bonchev–Trinajstić information content (AvgIpc) is 3.05. The molecule has 98 valence electrons. The van der Waals surface area contributed by atoms with Crippen LogP contribution in [0.3, 0.4) is 0 Å². The van der Waals surface area contributed by atoms with Crippen LogP contribution in [-0.2, 0) is 9.47 Å². The Morgan fingerprint density at radius 3 is 2.18 bits per heavy atom. The topological polar surface area (TPSA) is 38.7 Å². The predicted molar refractivity (Wildman–Crippen MR) is 64.6 cm³/mol. The number of ether oxygens (including phenoxy) is 2. The van der Waals surface area contributed by atoms with Gasteiger partial charge in [0.2, 0.25) is 0 Å². The van der Waals surface area contributed by atoms with Crippen LogP contribution in [0.25, 0.3) is 0 Å². The van der Waals surface area contributed by atoms with E-state index in [-0.39, 0.29) is 17.1 Å². The van der Waals surface area contributed by atoms with Gasteiger partial charge in [0.25, 0.3) is 0 Å². The molecule has 0 amide bonds. The van der Waals surface area contributed by atoms with Crippen LogP contribution in [0.2, 0.25) is 0 Å². The van der Waals surface area contributed by atoms with Crippen LogP contribution in [-0.4, -0.2) is 28.2 Å². The monoisotopic (exact) mass is 240 g/mol. The van der Waals surface area contributed by atoms with Crippen molar-refractivity contribution in [3.63, 3.8) is 0 Å². The highest BCUT2D eigenvalue weighted by atomic mass is 16.7. The van der Waals surface area contributed by atoms with Crippen LogP contribution in [0.1, 0.15) is 59.8 Å². The van der Waals surface area contributed by atoms with Crippen molar-refractivity contribution in [3.8, 4) is 0 Å². The largest absolute Gasteiger partial charge is 0.389 e. The number of rotatable bonds is 2. The summed E-state index contributed by atoms with van der Waals surface area (Å²) in [5.74, 6) is -0.512. The van der Waals surface area contributed by atoms with Gasteiger partial charge in [-0.1, -0.05) is 13.8 Å². The lowest BCUT2D eigenvalue weighted by Gasteiger charge is -2.49. The highest BCUT2D eigenvalue weighted by Crippen LogP contribution is 2.59. The first-order chi connectivity index (χ1) is 7.68. The van der Waals surface area contributed by atoms with Gasteiger partial charge in [-0.15, -0.1) is 0 Å². The van der Waals surface area contributed by atoms with E-state index in [0.29, 0.717) is 0 Å². The lowest BCUT2D eigenvalue weighted by atomic mass is 9.75. The zero-order chi connectivity index (χ0) is 12.5. The Bertz CT molecular complexity index is 331. The molecule has 3 fully saturated rings. The molecule has 3 aliphatic rings. The number of aliphatic hydroxyl groups is 1. The molecule has 0 aromatic rings. The van der Waals surface area contributed by atoms with Gasteiger partial charge in [-0.3, -0.25) is 0 Å². The average molecular weight is 240 g/mol. The van der Waals surface area contributed by atoms with E-state index in [9.17, 15) is 5.11 Å². The molecule has 0 aromatic carbocycles. The van der Waals surface area contributed by atoms with Crippen LogP contribution in [0, 0.1) is 5.41 Å². The van der Waals surface area contributed by atoms with Crippen molar-refractivity contribution < 1.29 is 14.6 Å². The molecular formula is C14H24O3. The molecule has 2 aliphatic carbocycles. The molecule has 3 rings (SSSR count). The second-order valence-corrected chi connectivity index (χ2v) is 7.25. The normalized spacial score (nSPS) is 36.9. The zero-order valence-corrected chi connectivity index (χ0v) is 11.4. The third-order valence-electron chi connectivity index (χ3n) is 4.98. The molecule has 2 saturated carbocycles. The van der Waals surface area contributed by atoms with Crippen LogP contribution >= 0.6 is 0 Å². The summed E-state index contributed by atoms with van der Waals surface area (Å²) in [4.78, 5) is 0. The van der Waals surface area contributed by atoms with E-state index in [1.807, 2.05) is 13.8 Å². The smallest absolute Gasteiger partial charge is 0.163 e. The summed E-state index contributed by atoms with van der Waals surface area (Å²) < 4.78 is 12.1. The van der Waals surface area contributed by atoms with Gasteiger partial charge in [-0.05, 0) is 39.5 Å². The van der Waals surface area contributed by atoms with Crippen molar-refractivity contribution in [1.82, 2.24) is 0 Å². The summed E-state index contributed by atoms with van der Waals surface area (Å²) in [6.45, 7) is 8.27. The van der Waals surface area contributed by atoms with Gasteiger partial charge in [0.1, 0.15) is 0 Å². The predicted octanol–water partition coefficient (Wildman–Crippen LogP) is 2.61. The maximum absolute atomic E-state index is 10.4. The molecule has 1 atom stereocenters. The van der Waals surface area contributed by atoms with Crippen molar-refractivity contribution in [2.45, 2.75) is 82.9 Å². The first-order valence-electron chi connectivity index (χ1n) is 6.79. The van der Waals surface area contributed by atoms with Crippen LogP contribution < -0.4 is 0 Å². The maximum Gasteiger partial charge on any atom is 0.163 e. The van der Waals surface area contributed by atoms with E-state index in [0.717, 1.165) is 32.1 Å². The van der Waals surface area contributed by atoms with Crippen LogP contribution in [0.15, 0.2) is 0 Å². The highest BCUT2D eigenvalue weighted by Gasteiger charge is 2.63. The van der Waals surface area contributed by atoms with Gasteiger partial charge in [0.05, 0.1) is 17.3 Å². The summed E-state index contributed by atoms with van der Waals surface area (Å²) >= 11 is 0. The fourth-order valence-corrected chi connectivity index (χ4v) is 3.22. The minimum atomic E-state index is -0.513.